The first-order valence-electron chi connectivity index (χ1n) is 4.56. The minimum Gasteiger partial charge on any atom is -0.349 e. The van der Waals surface area contributed by atoms with E-state index in [9.17, 15) is 9.18 Å². The lowest BCUT2D eigenvalue weighted by molar-refractivity contribution is -0.119. The van der Waals surface area contributed by atoms with Crippen molar-refractivity contribution in [3.05, 3.63) is 47.1 Å². The van der Waals surface area contributed by atoms with E-state index in [0.717, 1.165) is 5.56 Å². The normalized spacial score (nSPS) is 9.33. The van der Waals surface area contributed by atoms with Crippen molar-refractivity contribution in [3.63, 3.8) is 0 Å². The topological polar surface area (TPSA) is 33.5 Å². The Bertz CT molecular complexity index is 367. The van der Waals surface area contributed by atoms with Crippen LogP contribution in [0, 0.1) is 12.4 Å². The Labute approximate surface area is 87.7 Å². The van der Waals surface area contributed by atoms with Crippen LogP contribution >= 0.6 is 0 Å². The van der Waals surface area contributed by atoms with Crippen LogP contribution in [0.2, 0.25) is 0 Å². The summed E-state index contributed by atoms with van der Waals surface area (Å²) < 4.78 is 12.5. The van der Waals surface area contributed by atoms with Crippen molar-refractivity contribution in [1.29, 1.82) is 0 Å². The molecule has 0 atom stereocenters. The SMILES string of the molecule is [C-]#[N+]CC(=O)NCCc1ccc(F)cc1. The minimum atomic E-state index is -0.271. The Morgan fingerprint density at radius 2 is 2.07 bits per heavy atom. The van der Waals surface area contributed by atoms with Crippen LogP contribution in [-0.4, -0.2) is 19.0 Å². The van der Waals surface area contributed by atoms with E-state index < -0.39 is 0 Å². The van der Waals surface area contributed by atoms with Gasteiger partial charge in [0.2, 0.25) is 0 Å². The monoisotopic (exact) mass is 206 g/mol. The maximum Gasteiger partial charge on any atom is 0.300 e. The molecule has 0 saturated carbocycles. The molecule has 0 bridgehead atoms. The molecule has 1 aromatic rings. The molecular formula is C11H11FN2O. The predicted molar refractivity (Wildman–Crippen MR) is 54.6 cm³/mol. The summed E-state index contributed by atoms with van der Waals surface area (Å²) in [6.45, 7) is 6.82. The summed E-state index contributed by atoms with van der Waals surface area (Å²) in [6, 6.07) is 6.12. The van der Waals surface area contributed by atoms with E-state index in [-0.39, 0.29) is 18.3 Å². The average Bonchev–Trinajstić information content (AvgIpc) is 2.21. The van der Waals surface area contributed by atoms with Gasteiger partial charge in [0.15, 0.2) is 0 Å². The summed E-state index contributed by atoms with van der Waals surface area (Å²) >= 11 is 0. The van der Waals surface area contributed by atoms with Gasteiger partial charge in [0, 0.05) is 6.54 Å². The highest BCUT2D eigenvalue weighted by molar-refractivity contribution is 5.79. The molecule has 3 nitrogen and oxygen atoms in total. The number of nitrogens with one attached hydrogen (secondary N) is 1. The van der Waals surface area contributed by atoms with E-state index in [1.807, 2.05) is 0 Å². The van der Waals surface area contributed by atoms with Crippen molar-refractivity contribution in [2.45, 2.75) is 6.42 Å². The highest BCUT2D eigenvalue weighted by Gasteiger charge is 2.01. The fraction of sp³-hybridized carbons (Fsp3) is 0.273. The Kier molecular flexibility index (Phi) is 4.30. The second kappa shape index (κ2) is 5.76. The molecule has 0 aliphatic heterocycles. The average molecular weight is 206 g/mol. The molecule has 78 valence electrons. The number of benzene rings is 1. The van der Waals surface area contributed by atoms with Crippen LogP contribution in [0.3, 0.4) is 0 Å². The number of hydrogen-bond donors (Lipinski definition) is 1. The molecule has 15 heavy (non-hydrogen) atoms. The minimum absolute atomic E-state index is 0.135. The van der Waals surface area contributed by atoms with Gasteiger partial charge in [-0.1, -0.05) is 12.1 Å². The number of nitrogens with zero attached hydrogens (tertiary/aromatic N) is 1. The third-order valence-electron chi connectivity index (χ3n) is 1.87. The number of hydrogen-bond acceptors (Lipinski definition) is 1. The van der Waals surface area contributed by atoms with E-state index in [0.29, 0.717) is 13.0 Å². The molecule has 0 saturated heterocycles. The van der Waals surface area contributed by atoms with Crippen LogP contribution in [0.4, 0.5) is 4.39 Å². The lowest BCUT2D eigenvalue weighted by Crippen LogP contribution is -2.27. The van der Waals surface area contributed by atoms with Crippen molar-refractivity contribution in [1.82, 2.24) is 5.32 Å². The molecule has 1 rings (SSSR count). The maximum atomic E-state index is 12.5. The summed E-state index contributed by atoms with van der Waals surface area (Å²) in [5.74, 6) is -0.539. The van der Waals surface area contributed by atoms with Crippen molar-refractivity contribution in [2.24, 2.45) is 0 Å². The summed E-state index contributed by atoms with van der Waals surface area (Å²) in [6.07, 6.45) is 0.643. The number of carbonyl (C=O) groups excluding carboxylic acids is 1. The molecule has 4 heteroatoms. The van der Waals surface area contributed by atoms with Crippen LogP contribution in [0.5, 0.6) is 0 Å². The summed E-state index contributed by atoms with van der Waals surface area (Å²) in [7, 11) is 0. The number of amides is 1. The van der Waals surface area contributed by atoms with Crippen LogP contribution in [-0.2, 0) is 11.2 Å². The third kappa shape index (κ3) is 4.23. The van der Waals surface area contributed by atoms with Crippen LogP contribution in [0.25, 0.3) is 4.85 Å². The zero-order valence-electron chi connectivity index (χ0n) is 8.16. The third-order valence-corrected chi connectivity index (χ3v) is 1.87. The van der Waals surface area contributed by atoms with Gasteiger partial charge in [0.25, 0.3) is 12.5 Å². The molecule has 0 heterocycles. The molecule has 0 fully saturated rings. The molecule has 0 unspecified atom stereocenters. The van der Waals surface area contributed by atoms with Crippen molar-refractivity contribution in [2.75, 3.05) is 13.1 Å². The standard InChI is InChI=1S/C11H11FN2O/c1-13-8-11(15)14-7-6-9-2-4-10(12)5-3-9/h2-5H,6-8H2,(H,14,15). The molecule has 1 aromatic carbocycles. The van der Waals surface area contributed by atoms with E-state index >= 15 is 0 Å². The highest BCUT2D eigenvalue weighted by atomic mass is 19.1. The lowest BCUT2D eigenvalue weighted by atomic mass is 10.1. The summed E-state index contributed by atoms with van der Waals surface area (Å²) in [4.78, 5) is 13.9. The molecular weight excluding hydrogens is 195 g/mol. The molecule has 0 spiro atoms. The second-order valence-electron chi connectivity index (χ2n) is 3.04. The van der Waals surface area contributed by atoms with E-state index in [1.165, 1.54) is 12.1 Å². The zero-order valence-corrected chi connectivity index (χ0v) is 8.16. The lowest BCUT2D eigenvalue weighted by Gasteiger charge is -2.01. The largest absolute Gasteiger partial charge is 0.349 e. The van der Waals surface area contributed by atoms with Gasteiger partial charge in [-0.3, -0.25) is 4.79 Å². The zero-order chi connectivity index (χ0) is 11.1. The predicted octanol–water partition coefficient (Wildman–Crippen LogP) is 1.40. The van der Waals surface area contributed by atoms with Crippen LogP contribution in [0.1, 0.15) is 5.56 Å². The Morgan fingerprint density at radius 3 is 2.67 bits per heavy atom. The van der Waals surface area contributed by atoms with E-state index in [4.69, 9.17) is 6.57 Å². The van der Waals surface area contributed by atoms with Crippen LogP contribution < -0.4 is 5.32 Å². The van der Waals surface area contributed by atoms with Crippen LogP contribution in [0.15, 0.2) is 24.3 Å². The Hall–Kier alpha value is -1.89. The fourth-order valence-corrected chi connectivity index (χ4v) is 1.13. The van der Waals surface area contributed by atoms with Crippen molar-refractivity contribution >= 4 is 5.91 Å². The molecule has 0 radical (unpaired) electrons. The van der Waals surface area contributed by atoms with Gasteiger partial charge in [-0.25, -0.2) is 11.0 Å². The number of halogens is 1. The second-order valence-corrected chi connectivity index (χ2v) is 3.04. The summed E-state index contributed by atoms with van der Waals surface area (Å²) in [5.41, 5.74) is 0.958. The Morgan fingerprint density at radius 1 is 1.40 bits per heavy atom. The first-order chi connectivity index (χ1) is 7.22. The number of carbonyl (C=O) groups is 1. The van der Waals surface area contributed by atoms with Gasteiger partial charge in [-0.2, -0.15) is 0 Å². The molecule has 0 aliphatic carbocycles. The maximum absolute atomic E-state index is 12.5. The van der Waals surface area contributed by atoms with Gasteiger partial charge < -0.3 is 10.2 Å². The van der Waals surface area contributed by atoms with Gasteiger partial charge in [0.1, 0.15) is 5.82 Å². The molecule has 1 amide bonds. The number of rotatable bonds is 4. The molecule has 1 N–H and O–H groups in total. The smallest absolute Gasteiger partial charge is 0.300 e. The van der Waals surface area contributed by atoms with Gasteiger partial charge in [-0.15, -0.1) is 0 Å². The summed E-state index contributed by atoms with van der Waals surface area (Å²) in [5, 5.41) is 2.60. The quantitative estimate of drug-likeness (QED) is 0.742. The molecule has 0 aliphatic rings. The highest BCUT2D eigenvalue weighted by Crippen LogP contribution is 2.02. The van der Waals surface area contributed by atoms with Crippen molar-refractivity contribution < 1.29 is 9.18 Å². The van der Waals surface area contributed by atoms with Gasteiger partial charge in [0.05, 0.1) is 0 Å². The van der Waals surface area contributed by atoms with Gasteiger partial charge in [-0.05, 0) is 24.1 Å². The van der Waals surface area contributed by atoms with E-state index in [1.54, 1.807) is 12.1 Å². The first kappa shape index (κ1) is 11.2. The van der Waals surface area contributed by atoms with Gasteiger partial charge >= 0.3 is 0 Å². The fourth-order valence-electron chi connectivity index (χ4n) is 1.13. The molecule has 0 aromatic heterocycles. The van der Waals surface area contributed by atoms with E-state index in [2.05, 4.69) is 10.2 Å². The Balaban J connectivity index is 2.29. The van der Waals surface area contributed by atoms with Crippen molar-refractivity contribution in [3.8, 4) is 0 Å². The first-order valence-corrected chi connectivity index (χ1v) is 4.56.